The number of esters is 1. The maximum Gasteiger partial charge on any atom is 0.416 e. The van der Waals surface area contributed by atoms with Crippen LogP contribution in [0.25, 0.3) is 10.9 Å². The highest BCUT2D eigenvalue weighted by molar-refractivity contribution is 5.96. The van der Waals surface area contributed by atoms with Gasteiger partial charge in [0.15, 0.2) is 0 Å². The number of aromatic amines is 1. The standard InChI is InChI=1S/C16H19N3O4/c1-10-5-7-19(8-6-10)16(21)23-14-12-4-3-11(15(20)22-2)9-13(12)17-18-14/h3-4,9-10H,5-8H2,1-2H3,(H,17,18). The van der Waals surface area contributed by atoms with Gasteiger partial charge in [0.2, 0.25) is 0 Å². The zero-order chi connectivity index (χ0) is 16.4. The highest BCUT2D eigenvalue weighted by Gasteiger charge is 2.23. The number of methoxy groups -OCH3 is 1. The number of benzene rings is 1. The van der Waals surface area contributed by atoms with Crippen LogP contribution in [0.5, 0.6) is 5.88 Å². The number of hydrogen-bond acceptors (Lipinski definition) is 5. The molecule has 2 heterocycles. The van der Waals surface area contributed by atoms with Crippen molar-refractivity contribution in [1.82, 2.24) is 15.1 Å². The molecule has 2 aromatic rings. The number of nitrogens with zero attached hydrogens (tertiary/aromatic N) is 2. The molecule has 0 aliphatic carbocycles. The van der Waals surface area contributed by atoms with Gasteiger partial charge in [-0.1, -0.05) is 6.92 Å². The van der Waals surface area contributed by atoms with E-state index < -0.39 is 5.97 Å². The number of piperidine rings is 1. The number of amides is 1. The second kappa shape index (κ2) is 6.28. The summed E-state index contributed by atoms with van der Waals surface area (Å²) < 4.78 is 10.1. The molecule has 0 bridgehead atoms. The minimum absolute atomic E-state index is 0.222. The molecule has 23 heavy (non-hydrogen) atoms. The smallest absolute Gasteiger partial charge is 0.416 e. The molecule has 1 amide bonds. The van der Waals surface area contributed by atoms with Gasteiger partial charge in [0.25, 0.3) is 5.88 Å². The summed E-state index contributed by atoms with van der Waals surface area (Å²) in [4.78, 5) is 25.4. The molecule has 1 aliphatic heterocycles. The maximum absolute atomic E-state index is 12.2. The zero-order valence-electron chi connectivity index (χ0n) is 13.2. The molecule has 1 aliphatic rings. The van der Waals surface area contributed by atoms with Crippen LogP contribution in [0.15, 0.2) is 18.2 Å². The molecular weight excluding hydrogens is 298 g/mol. The Hall–Kier alpha value is -2.57. The van der Waals surface area contributed by atoms with Crippen LogP contribution in [-0.4, -0.2) is 47.4 Å². The fraction of sp³-hybridized carbons (Fsp3) is 0.438. The summed E-state index contributed by atoms with van der Waals surface area (Å²) >= 11 is 0. The Labute approximate surface area is 133 Å². The molecule has 7 heteroatoms. The average molecular weight is 317 g/mol. The number of H-pyrrole nitrogens is 1. The van der Waals surface area contributed by atoms with E-state index in [4.69, 9.17) is 4.74 Å². The topological polar surface area (TPSA) is 84.5 Å². The van der Waals surface area contributed by atoms with E-state index >= 15 is 0 Å². The normalized spacial score (nSPS) is 15.7. The summed E-state index contributed by atoms with van der Waals surface area (Å²) in [7, 11) is 1.33. The number of ether oxygens (including phenoxy) is 2. The lowest BCUT2D eigenvalue weighted by Gasteiger charge is -2.29. The van der Waals surface area contributed by atoms with Crippen molar-refractivity contribution in [3.8, 4) is 5.88 Å². The van der Waals surface area contributed by atoms with Gasteiger partial charge in [-0.05, 0) is 37.0 Å². The van der Waals surface area contributed by atoms with Crippen molar-refractivity contribution in [2.75, 3.05) is 20.2 Å². The van der Waals surface area contributed by atoms with E-state index in [2.05, 4.69) is 21.9 Å². The third kappa shape index (κ3) is 3.13. The molecule has 0 saturated carbocycles. The first kappa shape index (κ1) is 15.3. The van der Waals surface area contributed by atoms with Gasteiger partial charge >= 0.3 is 12.1 Å². The number of hydrogen-bond donors (Lipinski definition) is 1. The van der Waals surface area contributed by atoms with E-state index in [1.807, 2.05) is 0 Å². The van der Waals surface area contributed by atoms with Crippen LogP contribution in [0.4, 0.5) is 4.79 Å². The Balaban J connectivity index is 1.75. The minimum atomic E-state index is -0.428. The summed E-state index contributed by atoms with van der Waals surface area (Å²) in [6.45, 7) is 3.59. The Bertz CT molecular complexity index is 732. The van der Waals surface area contributed by atoms with Gasteiger partial charge in [-0.25, -0.2) is 9.59 Å². The number of carbonyl (C=O) groups is 2. The first-order valence-corrected chi connectivity index (χ1v) is 7.61. The molecule has 0 spiro atoms. The lowest BCUT2D eigenvalue weighted by Crippen LogP contribution is -2.39. The molecule has 1 aromatic heterocycles. The highest BCUT2D eigenvalue weighted by atomic mass is 16.6. The van der Waals surface area contributed by atoms with Crippen LogP contribution in [0.1, 0.15) is 30.1 Å². The van der Waals surface area contributed by atoms with Crippen LogP contribution in [-0.2, 0) is 4.74 Å². The molecule has 0 unspecified atom stereocenters. The summed E-state index contributed by atoms with van der Waals surface area (Å²) in [6.07, 6.45) is 1.58. The van der Waals surface area contributed by atoms with E-state index in [0.29, 0.717) is 35.5 Å². The number of rotatable bonds is 2. The van der Waals surface area contributed by atoms with Gasteiger partial charge in [-0.3, -0.25) is 5.10 Å². The summed E-state index contributed by atoms with van der Waals surface area (Å²) in [5.41, 5.74) is 1.02. The predicted octanol–water partition coefficient (Wildman–Crippen LogP) is 2.58. The Morgan fingerprint density at radius 1 is 1.30 bits per heavy atom. The van der Waals surface area contributed by atoms with Crippen LogP contribution < -0.4 is 4.74 Å². The third-order valence-electron chi connectivity index (χ3n) is 4.17. The summed E-state index contributed by atoms with van der Waals surface area (Å²) in [5.74, 6) is 0.435. The number of aromatic nitrogens is 2. The minimum Gasteiger partial charge on any atom is -0.465 e. The van der Waals surface area contributed by atoms with E-state index in [1.165, 1.54) is 7.11 Å². The first-order chi connectivity index (χ1) is 11.1. The van der Waals surface area contributed by atoms with E-state index in [-0.39, 0.29) is 12.0 Å². The Morgan fingerprint density at radius 2 is 2.04 bits per heavy atom. The third-order valence-corrected chi connectivity index (χ3v) is 4.17. The second-order valence-corrected chi connectivity index (χ2v) is 5.82. The quantitative estimate of drug-likeness (QED) is 0.861. The molecule has 7 nitrogen and oxygen atoms in total. The molecule has 0 radical (unpaired) electrons. The van der Waals surface area contributed by atoms with Crippen molar-refractivity contribution in [2.45, 2.75) is 19.8 Å². The highest BCUT2D eigenvalue weighted by Crippen LogP contribution is 2.25. The summed E-state index contributed by atoms with van der Waals surface area (Å²) in [6, 6.07) is 4.92. The lowest BCUT2D eigenvalue weighted by molar-refractivity contribution is 0.0601. The van der Waals surface area contributed by atoms with Gasteiger partial charge in [0.05, 0.1) is 23.6 Å². The number of likely N-dealkylation sites (tertiary alicyclic amines) is 1. The predicted molar refractivity (Wildman–Crippen MR) is 83.4 cm³/mol. The average Bonchev–Trinajstić information content (AvgIpc) is 2.96. The first-order valence-electron chi connectivity index (χ1n) is 7.61. The van der Waals surface area contributed by atoms with Crippen molar-refractivity contribution < 1.29 is 19.1 Å². The molecule has 1 aromatic carbocycles. The fourth-order valence-corrected chi connectivity index (χ4v) is 2.66. The Kier molecular flexibility index (Phi) is 4.18. The van der Waals surface area contributed by atoms with Crippen LogP contribution in [0.3, 0.4) is 0 Å². The lowest BCUT2D eigenvalue weighted by atomic mass is 10.00. The van der Waals surface area contributed by atoms with Gasteiger partial charge < -0.3 is 14.4 Å². The summed E-state index contributed by atoms with van der Waals surface area (Å²) in [5, 5.41) is 7.44. The van der Waals surface area contributed by atoms with Gasteiger partial charge in [0.1, 0.15) is 0 Å². The van der Waals surface area contributed by atoms with Gasteiger partial charge in [0, 0.05) is 13.1 Å². The fourth-order valence-electron chi connectivity index (χ4n) is 2.66. The largest absolute Gasteiger partial charge is 0.465 e. The van der Waals surface area contributed by atoms with Crippen LogP contribution in [0.2, 0.25) is 0 Å². The van der Waals surface area contributed by atoms with Crippen molar-refractivity contribution >= 4 is 23.0 Å². The van der Waals surface area contributed by atoms with Crippen molar-refractivity contribution in [2.24, 2.45) is 5.92 Å². The molecule has 1 N–H and O–H groups in total. The molecule has 1 fully saturated rings. The van der Waals surface area contributed by atoms with Crippen molar-refractivity contribution in [1.29, 1.82) is 0 Å². The second-order valence-electron chi connectivity index (χ2n) is 5.82. The van der Waals surface area contributed by atoms with E-state index in [1.54, 1.807) is 23.1 Å². The van der Waals surface area contributed by atoms with Crippen molar-refractivity contribution in [3.63, 3.8) is 0 Å². The van der Waals surface area contributed by atoms with Gasteiger partial charge in [-0.15, -0.1) is 5.10 Å². The number of fused-ring (bicyclic) bond motifs is 1. The van der Waals surface area contributed by atoms with Crippen LogP contribution >= 0.6 is 0 Å². The maximum atomic E-state index is 12.2. The Morgan fingerprint density at radius 3 is 2.74 bits per heavy atom. The SMILES string of the molecule is COC(=O)c1ccc2c(OC(=O)N3CCC(C)CC3)n[nH]c2c1. The molecule has 3 rings (SSSR count). The molecule has 122 valence electrons. The van der Waals surface area contributed by atoms with E-state index in [0.717, 1.165) is 12.8 Å². The monoisotopic (exact) mass is 317 g/mol. The van der Waals surface area contributed by atoms with Crippen molar-refractivity contribution in [3.05, 3.63) is 23.8 Å². The van der Waals surface area contributed by atoms with Crippen LogP contribution in [0, 0.1) is 5.92 Å². The molecule has 1 saturated heterocycles. The van der Waals surface area contributed by atoms with Gasteiger partial charge in [-0.2, -0.15) is 0 Å². The number of nitrogens with one attached hydrogen (secondary N) is 1. The van der Waals surface area contributed by atoms with E-state index in [9.17, 15) is 9.59 Å². The number of carbonyl (C=O) groups excluding carboxylic acids is 2. The molecular formula is C16H19N3O4. The zero-order valence-corrected chi connectivity index (χ0v) is 13.2. The molecule has 0 atom stereocenters.